The van der Waals surface area contributed by atoms with Crippen LogP contribution in [0.4, 0.5) is 0 Å². The van der Waals surface area contributed by atoms with Crippen molar-refractivity contribution >= 4 is 26.7 Å². The number of piperidine rings is 1. The Morgan fingerprint density at radius 3 is 2.38 bits per heavy atom. The number of nitrogens with one attached hydrogen (secondary N) is 1. The molecule has 1 fully saturated rings. The van der Waals surface area contributed by atoms with E-state index in [1.807, 2.05) is 42.5 Å². The number of nitrogens with zero attached hydrogens (tertiary/aromatic N) is 1. The fraction of sp³-hybridized carbons (Fsp3) is 0.320. The van der Waals surface area contributed by atoms with E-state index >= 15 is 0 Å². The van der Waals surface area contributed by atoms with Crippen LogP contribution in [-0.4, -0.2) is 44.9 Å². The maximum Gasteiger partial charge on any atom is 0.251 e. The van der Waals surface area contributed by atoms with Gasteiger partial charge in [-0.15, -0.1) is 0 Å². The summed E-state index contributed by atoms with van der Waals surface area (Å²) in [5, 5.41) is 5.10. The molecule has 7 heteroatoms. The minimum atomic E-state index is -3.31. The smallest absolute Gasteiger partial charge is 0.251 e. The van der Waals surface area contributed by atoms with Crippen LogP contribution < -0.4 is 10.1 Å². The first-order valence-electron chi connectivity index (χ1n) is 11.0. The molecule has 3 aromatic carbocycles. The van der Waals surface area contributed by atoms with Gasteiger partial charge in [-0.2, -0.15) is 0 Å². The van der Waals surface area contributed by atoms with Gasteiger partial charge in [-0.25, -0.2) is 12.7 Å². The van der Waals surface area contributed by atoms with Gasteiger partial charge in [0, 0.05) is 18.7 Å². The summed E-state index contributed by atoms with van der Waals surface area (Å²) in [6.45, 7) is 1.93. The summed E-state index contributed by atoms with van der Waals surface area (Å²) in [7, 11) is -3.31. The van der Waals surface area contributed by atoms with Gasteiger partial charge >= 0.3 is 0 Å². The van der Waals surface area contributed by atoms with Crippen LogP contribution in [-0.2, 0) is 15.8 Å². The van der Waals surface area contributed by atoms with Gasteiger partial charge in [0.05, 0.1) is 12.3 Å². The first kappa shape index (κ1) is 22.3. The van der Waals surface area contributed by atoms with E-state index in [-0.39, 0.29) is 11.7 Å². The molecule has 3 aromatic rings. The van der Waals surface area contributed by atoms with Crippen molar-refractivity contribution < 1.29 is 17.9 Å². The molecule has 4 rings (SSSR count). The fourth-order valence-corrected chi connectivity index (χ4v) is 5.50. The highest BCUT2D eigenvalue weighted by Gasteiger charge is 2.24. The second-order valence-corrected chi connectivity index (χ2v) is 10.00. The molecule has 1 N–H and O–H groups in total. The van der Waals surface area contributed by atoms with Crippen molar-refractivity contribution in [2.75, 3.05) is 26.2 Å². The van der Waals surface area contributed by atoms with Crippen LogP contribution in [0, 0.1) is 0 Å². The van der Waals surface area contributed by atoms with Crippen molar-refractivity contribution in [2.24, 2.45) is 0 Å². The highest BCUT2D eigenvalue weighted by molar-refractivity contribution is 7.88. The molecule has 1 aliphatic heterocycles. The maximum atomic E-state index is 12.6. The van der Waals surface area contributed by atoms with Crippen LogP contribution in [0.2, 0.25) is 0 Å². The molecule has 6 nitrogen and oxygen atoms in total. The molecule has 1 heterocycles. The van der Waals surface area contributed by atoms with Gasteiger partial charge in [0.15, 0.2) is 0 Å². The predicted molar refractivity (Wildman–Crippen MR) is 126 cm³/mol. The molecule has 0 radical (unpaired) electrons. The van der Waals surface area contributed by atoms with Crippen molar-refractivity contribution in [3.63, 3.8) is 0 Å². The third kappa shape index (κ3) is 5.66. The molecule has 0 spiro atoms. The van der Waals surface area contributed by atoms with Crippen LogP contribution in [0.5, 0.6) is 5.75 Å². The molecule has 168 valence electrons. The molecular formula is C25H28N2O4S. The van der Waals surface area contributed by atoms with Gasteiger partial charge in [-0.3, -0.25) is 4.79 Å². The van der Waals surface area contributed by atoms with Crippen molar-refractivity contribution in [1.82, 2.24) is 9.62 Å². The Morgan fingerprint density at radius 1 is 0.906 bits per heavy atom. The van der Waals surface area contributed by atoms with Crippen LogP contribution in [0.25, 0.3) is 10.8 Å². The standard InChI is InChI=1S/C25H28N2O4S/c28-25(26-14-17-31-24-13-12-21-6-2-3-7-23(21)18-24)22-10-8-20(9-11-22)19-32(29,30)27-15-4-1-5-16-27/h2-3,6-13,18H,1,4-5,14-17,19H2,(H,26,28). The molecule has 32 heavy (non-hydrogen) atoms. The van der Waals surface area contributed by atoms with Gasteiger partial charge in [0.1, 0.15) is 12.4 Å². The molecule has 0 atom stereocenters. The number of hydrogen-bond donors (Lipinski definition) is 1. The average Bonchev–Trinajstić information content (AvgIpc) is 2.82. The minimum Gasteiger partial charge on any atom is -0.492 e. The zero-order valence-corrected chi connectivity index (χ0v) is 18.8. The maximum absolute atomic E-state index is 12.6. The lowest BCUT2D eigenvalue weighted by Gasteiger charge is -2.25. The van der Waals surface area contributed by atoms with Gasteiger partial charge < -0.3 is 10.1 Å². The number of fused-ring (bicyclic) bond motifs is 1. The number of benzene rings is 3. The Morgan fingerprint density at radius 2 is 1.62 bits per heavy atom. The Hall–Kier alpha value is -2.90. The zero-order valence-electron chi connectivity index (χ0n) is 18.0. The summed E-state index contributed by atoms with van der Waals surface area (Å²) in [5.41, 5.74) is 1.18. The zero-order chi connectivity index (χ0) is 22.4. The van der Waals surface area contributed by atoms with Crippen molar-refractivity contribution in [3.8, 4) is 5.75 Å². The highest BCUT2D eigenvalue weighted by Crippen LogP contribution is 2.20. The number of hydrogen-bond acceptors (Lipinski definition) is 4. The summed E-state index contributed by atoms with van der Waals surface area (Å²) < 4.78 is 32.5. The van der Waals surface area contributed by atoms with E-state index in [0.29, 0.717) is 37.4 Å². The van der Waals surface area contributed by atoms with E-state index in [0.717, 1.165) is 35.8 Å². The number of rotatable bonds is 8. The fourth-order valence-electron chi connectivity index (χ4n) is 3.89. The molecule has 1 saturated heterocycles. The Labute approximate surface area is 189 Å². The summed E-state index contributed by atoms with van der Waals surface area (Å²) in [4.78, 5) is 12.4. The molecule has 0 aromatic heterocycles. The predicted octanol–water partition coefficient (Wildman–Crippen LogP) is 3.96. The number of carbonyl (C=O) groups excluding carboxylic acids is 1. The number of sulfonamides is 1. The normalized spacial score (nSPS) is 14.9. The van der Waals surface area contributed by atoms with E-state index in [4.69, 9.17) is 4.74 Å². The van der Waals surface area contributed by atoms with Gasteiger partial charge in [0.2, 0.25) is 10.0 Å². The van der Waals surface area contributed by atoms with Crippen LogP contribution in [0.15, 0.2) is 66.7 Å². The molecule has 0 aliphatic carbocycles. The van der Waals surface area contributed by atoms with Gasteiger partial charge in [-0.05, 0) is 53.4 Å². The largest absolute Gasteiger partial charge is 0.492 e. The SMILES string of the molecule is O=C(NCCOc1ccc2ccccc2c1)c1ccc(CS(=O)(=O)N2CCCCC2)cc1. The van der Waals surface area contributed by atoms with E-state index < -0.39 is 10.0 Å². The summed E-state index contributed by atoms with van der Waals surface area (Å²) >= 11 is 0. The van der Waals surface area contributed by atoms with E-state index in [9.17, 15) is 13.2 Å². The lowest BCUT2D eigenvalue weighted by molar-refractivity contribution is 0.0947. The Bertz CT molecular complexity index is 1170. The monoisotopic (exact) mass is 452 g/mol. The minimum absolute atomic E-state index is 0.0332. The van der Waals surface area contributed by atoms with Crippen molar-refractivity contribution in [1.29, 1.82) is 0 Å². The number of amides is 1. The van der Waals surface area contributed by atoms with Gasteiger partial charge in [-0.1, -0.05) is 48.9 Å². The van der Waals surface area contributed by atoms with E-state index in [1.54, 1.807) is 28.6 Å². The molecule has 0 unspecified atom stereocenters. The van der Waals surface area contributed by atoms with Crippen molar-refractivity contribution in [3.05, 3.63) is 77.9 Å². The van der Waals surface area contributed by atoms with Crippen LogP contribution in [0.1, 0.15) is 35.2 Å². The van der Waals surface area contributed by atoms with Crippen LogP contribution >= 0.6 is 0 Å². The highest BCUT2D eigenvalue weighted by atomic mass is 32.2. The number of carbonyl (C=O) groups is 1. The molecular weight excluding hydrogens is 424 g/mol. The molecule has 0 saturated carbocycles. The van der Waals surface area contributed by atoms with Crippen molar-refractivity contribution in [2.45, 2.75) is 25.0 Å². The first-order chi connectivity index (χ1) is 15.5. The average molecular weight is 453 g/mol. The second-order valence-electron chi connectivity index (χ2n) is 8.03. The topological polar surface area (TPSA) is 75.7 Å². The van der Waals surface area contributed by atoms with Crippen LogP contribution in [0.3, 0.4) is 0 Å². The lowest BCUT2D eigenvalue weighted by Crippen LogP contribution is -2.36. The lowest BCUT2D eigenvalue weighted by atomic mass is 10.1. The first-order valence-corrected chi connectivity index (χ1v) is 12.6. The van der Waals surface area contributed by atoms with E-state index in [2.05, 4.69) is 5.32 Å². The van der Waals surface area contributed by atoms with Gasteiger partial charge in [0.25, 0.3) is 5.91 Å². The second kappa shape index (κ2) is 10.1. The summed E-state index contributed by atoms with van der Waals surface area (Å²) in [6.07, 6.45) is 2.93. The third-order valence-electron chi connectivity index (χ3n) is 5.65. The third-order valence-corrected chi connectivity index (χ3v) is 7.50. The number of ether oxygens (including phenoxy) is 1. The quantitative estimate of drug-likeness (QED) is 0.525. The molecule has 0 bridgehead atoms. The summed E-state index contributed by atoms with van der Waals surface area (Å²) in [5.74, 6) is 0.517. The Kier molecular flexibility index (Phi) is 7.07. The summed E-state index contributed by atoms with van der Waals surface area (Å²) in [6, 6.07) is 20.7. The van der Waals surface area contributed by atoms with E-state index in [1.165, 1.54) is 0 Å². The Balaban J connectivity index is 1.25. The molecule has 1 aliphatic rings. The molecule has 1 amide bonds.